The van der Waals surface area contributed by atoms with E-state index in [-0.39, 0.29) is 30.2 Å². The van der Waals surface area contributed by atoms with Gasteiger partial charge in [-0.25, -0.2) is 0 Å². The summed E-state index contributed by atoms with van der Waals surface area (Å²) in [5, 5.41) is 15.9. The van der Waals surface area contributed by atoms with Gasteiger partial charge in [-0.05, 0) is 35.6 Å². The second-order valence-electron chi connectivity index (χ2n) is 10.8. The van der Waals surface area contributed by atoms with E-state index in [0.717, 1.165) is 5.56 Å². The minimum absolute atomic E-state index is 0.0928. The predicted molar refractivity (Wildman–Crippen MR) is 142 cm³/mol. The zero-order valence-corrected chi connectivity index (χ0v) is 22.2. The summed E-state index contributed by atoms with van der Waals surface area (Å²) in [7, 11) is 0. The van der Waals surface area contributed by atoms with Crippen molar-refractivity contribution in [3.8, 4) is 0 Å². The molecule has 204 valence electrons. The van der Waals surface area contributed by atoms with Gasteiger partial charge < -0.3 is 25.4 Å². The summed E-state index contributed by atoms with van der Waals surface area (Å²) < 4.78 is 5.31. The van der Waals surface area contributed by atoms with Crippen LogP contribution in [0.3, 0.4) is 0 Å². The number of nitrogens with zero attached hydrogens (tertiary/aromatic N) is 3. The molecule has 0 spiro atoms. The molecule has 2 fully saturated rings. The number of aliphatic hydroxyl groups is 1. The van der Waals surface area contributed by atoms with Crippen molar-refractivity contribution in [2.75, 3.05) is 44.3 Å². The third-order valence-corrected chi connectivity index (χ3v) is 6.94. The first-order valence-electron chi connectivity index (χ1n) is 13.0. The van der Waals surface area contributed by atoms with E-state index in [1.807, 2.05) is 24.3 Å². The number of carbonyl (C=O) groups excluding carboxylic acids is 3. The Hall–Kier alpha value is -3.34. The molecule has 0 radical (unpaired) electrons. The first kappa shape index (κ1) is 27.7. The Balaban J connectivity index is 1.67. The van der Waals surface area contributed by atoms with E-state index in [1.54, 1.807) is 29.4 Å². The van der Waals surface area contributed by atoms with Crippen LogP contribution in [0.1, 0.15) is 44.4 Å². The fourth-order valence-electron chi connectivity index (χ4n) is 4.74. The van der Waals surface area contributed by atoms with Crippen molar-refractivity contribution in [2.45, 2.75) is 50.8 Å². The van der Waals surface area contributed by atoms with Crippen molar-refractivity contribution in [1.29, 1.82) is 0 Å². The van der Waals surface area contributed by atoms with E-state index in [4.69, 9.17) is 4.74 Å². The molecule has 10 heteroatoms. The average Bonchev–Trinajstić information content (AvgIpc) is 3.36. The van der Waals surface area contributed by atoms with Gasteiger partial charge in [-0.15, -0.1) is 0 Å². The maximum atomic E-state index is 13.9. The average molecular weight is 524 g/mol. The highest BCUT2D eigenvalue weighted by molar-refractivity contribution is 6.04. The number of morpholine rings is 1. The number of pyridine rings is 1. The Kier molecular flexibility index (Phi) is 8.76. The summed E-state index contributed by atoms with van der Waals surface area (Å²) in [6.07, 6.45) is 2.74. The number of amides is 3. The molecule has 3 heterocycles. The van der Waals surface area contributed by atoms with Gasteiger partial charge in [0.05, 0.1) is 31.9 Å². The molecule has 38 heavy (non-hydrogen) atoms. The lowest BCUT2D eigenvalue weighted by molar-refractivity contribution is -0.136. The van der Waals surface area contributed by atoms with Crippen molar-refractivity contribution < 1.29 is 24.2 Å². The number of aromatic nitrogens is 1. The standard InChI is InChI=1S/C28H37N5O5/c1-28(2,3)20-6-8-21(9-7-20)33(27(37)23-15-22(34)17-30-23)25(19-5-4-10-29-16-19)26(36)31-18-24(35)32-11-13-38-14-12-32/h4-10,16,22-23,25,30,34H,11-15,17-18H2,1-3H3,(H,31,36)/t22-,23-,25?/m1/s1. The molecule has 0 saturated carbocycles. The van der Waals surface area contributed by atoms with E-state index < -0.39 is 24.1 Å². The van der Waals surface area contributed by atoms with Crippen LogP contribution in [0, 0.1) is 0 Å². The Labute approximate surface area is 223 Å². The number of β-amino-alcohol motifs (C(OH)–C–C–N with tert-alkyl or cyclic N) is 1. The zero-order valence-electron chi connectivity index (χ0n) is 22.2. The van der Waals surface area contributed by atoms with Crippen molar-refractivity contribution in [2.24, 2.45) is 0 Å². The minimum Gasteiger partial charge on any atom is -0.392 e. The fourth-order valence-corrected chi connectivity index (χ4v) is 4.74. The molecule has 3 amide bonds. The second kappa shape index (κ2) is 12.0. The van der Waals surface area contributed by atoms with Crippen molar-refractivity contribution in [1.82, 2.24) is 20.5 Å². The van der Waals surface area contributed by atoms with Gasteiger partial charge in [0.25, 0.3) is 0 Å². The lowest BCUT2D eigenvalue weighted by atomic mass is 9.87. The summed E-state index contributed by atoms with van der Waals surface area (Å²) in [6, 6.07) is 9.28. The molecular formula is C28H37N5O5. The van der Waals surface area contributed by atoms with Crippen molar-refractivity contribution in [3.05, 3.63) is 59.9 Å². The largest absolute Gasteiger partial charge is 0.392 e. The van der Waals surface area contributed by atoms with Crippen LogP contribution in [0.25, 0.3) is 0 Å². The van der Waals surface area contributed by atoms with Crippen LogP contribution in [0.5, 0.6) is 0 Å². The molecule has 2 aliphatic rings. The van der Waals surface area contributed by atoms with Crippen LogP contribution in [-0.4, -0.2) is 84.3 Å². The molecule has 3 atom stereocenters. The lowest BCUT2D eigenvalue weighted by Crippen LogP contribution is -2.51. The van der Waals surface area contributed by atoms with Gasteiger partial charge in [0.1, 0.15) is 6.04 Å². The third-order valence-electron chi connectivity index (χ3n) is 6.94. The molecule has 0 aliphatic carbocycles. The van der Waals surface area contributed by atoms with E-state index in [9.17, 15) is 19.5 Å². The summed E-state index contributed by atoms with van der Waals surface area (Å²) in [5.41, 5.74) is 2.04. The normalized spacial score (nSPS) is 20.6. The quantitative estimate of drug-likeness (QED) is 0.497. The SMILES string of the molecule is CC(C)(C)c1ccc(N(C(=O)[C@H]2C[C@@H](O)CN2)C(C(=O)NCC(=O)N2CCOCC2)c2cccnc2)cc1. The van der Waals surface area contributed by atoms with E-state index in [1.165, 1.54) is 4.90 Å². The van der Waals surface area contributed by atoms with Gasteiger partial charge in [0.15, 0.2) is 0 Å². The topological polar surface area (TPSA) is 124 Å². The zero-order chi connectivity index (χ0) is 27.3. The summed E-state index contributed by atoms with van der Waals surface area (Å²) >= 11 is 0. The number of ether oxygens (including phenoxy) is 1. The first-order valence-corrected chi connectivity index (χ1v) is 13.0. The number of aliphatic hydroxyl groups excluding tert-OH is 1. The van der Waals surface area contributed by atoms with E-state index in [0.29, 0.717) is 44.1 Å². The van der Waals surface area contributed by atoms with E-state index in [2.05, 4.69) is 36.4 Å². The molecule has 2 saturated heterocycles. The number of nitrogens with one attached hydrogen (secondary N) is 2. The monoisotopic (exact) mass is 523 g/mol. The van der Waals surface area contributed by atoms with Crippen molar-refractivity contribution >= 4 is 23.4 Å². The Morgan fingerprint density at radius 2 is 1.89 bits per heavy atom. The van der Waals surface area contributed by atoms with Gasteiger partial charge in [0, 0.05) is 43.3 Å². The second-order valence-corrected chi connectivity index (χ2v) is 10.8. The van der Waals surface area contributed by atoms with Gasteiger partial charge in [0.2, 0.25) is 17.7 Å². The van der Waals surface area contributed by atoms with Crippen LogP contribution in [0.2, 0.25) is 0 Å². The summed E-state index contributed by atoms with van der Waals surface area (Å²) in [5.74, 6) is -1.04. The highest BCUT2D eigenvalue weighted by atomic mass is 16.5. The molecule has 1 aromatic carbocycles. The molecule has 2 aliphatic heterocycles. The maximum absolute atomic E-state index is 13.9. The van der Waals surface area contributed by atoms with Crippen molar-refractivity contribution in [3.63, 3.8) is 0 Å². The van der Waals surface area contributed by atoms with Crippen LogP contribution < -0.4 is 15.5 Å². The maximum Gasteiger partial charge on any atom is 0.248 e. The van der Waals surface area contributed by atoms with Crippen LogP contribution in [-0.2, 0) is 24.5 Å². The smallest absolute Gasteiger partial charge is 0.248 e. The van der Waals surface area contributed by atoms with Gasteiger partial charge >= 0.3 is 0 Å². The fraction of sp³-hybridized carbons (Fsp3) is 0.500. The summed E-state index contributed by atoms with van der Waals surface area (Å²) in [6.45, 7) is 8.29. The molecule has 10 nitrogen and oxygen atoms in total. The Morgan fingerprint density at radius 3 is 2.47 bits per heavy atom. The predicted octanol–water partition coefficient (Wildman–Crippen LogP) is 1.15. The summed E-state index contributed by atoms with van der Waals surface area (Å²) in [4.78, 5) is 47.7. The molecule has 0 bridgehead atoms. The number of anilines is 1. The Bertz CT molecular complexity index is 1110. The molecular weight excluding hydrogens is 486 g/mol. The van der Waals surface area contributed by atoms with E-state index >= 15 is 0 Å². The molecule has 3 N–H and O–H groups in total. The van der Waals surface area contributed by atoms with Gasteiger partial charge in [-0.1, -0.05) is 39.0 Å². The molecule has 1 aromatic heterocycles. The lowest BCUT2D eigenvalue weighted by Gasteiger charge is -2.34. The number of hydrogen-bond acceptors (Lipinski definition) is 7. The first-order chi connectivity index (χ1) is 18.1. The number of hydrogen-bond donors (Lipinski definition) is 3. The number of rotatable bonds is 7. The van der Waals surface area contributed by atoms with Gasteiger partial charge in [-0.3, -0.25) is 24.3 Å². The molecule has 2 aromatic rings. The van der Waals surface area contributed by atoms with Crippen LogP contribution in [0.4, 0.5) is 5.69 Å². The minimum atomic E-state index is -1.08. The Morgan fingerprint density at radius 1 is 1.18 bits per heavy atom. The van der Waals surface area contributed by atoms with Crippen LogP contribution >= 0.6 is 0 Å². The highest BCUT2D eigenvalue weighted by Gasteiger charge is 2.39. The third kappa shape index (κ3) is 6.56. The molecule has 4 rings (SSSR count). The number of benzene rings is 1. The number of carbonyl (C=O) groups is 3. The van der Waals surface area contributed by atoms with Crippen LogP contribution in [0.15, 0.2) is 48.8 Å². The highest BCUT2D eigenvalue weighted by Crippen LogP contribution is 2.32. The molecule has 1 unspecified atom stereocenters. The van der Waals surface area contributed by atoms with Gasteiger partial charge in [-0.2, -0.15) is 0 Å².